The maximum atomic E-state index is 12.0. The lowest BCUT2D eigenvalue weighted by Crippen LogP contribution is -2.31. The monoisotopic (exact) mass is 304 g/mol. The van der Waals surface area contributed by atoms with Crippen LogP contribution in [0.5, 0.6) is 0 Å². The predicted octanol–water partition coefficient (Wildman–Crippen LogP) is 2.11. The molecule has 0 fully saturated rings. The fourth-order valence-electron chi connectivity index (χ4n) is 1.39. The zero-order chi connectivity index (χ0) is 15.9. The summed E-state index contributed by atoms with van der Waals surface area (Å²) in [6.07, 6.45) is 1.97. The van der Waals surface area contributed by atoms with Crippen molar-refractivity contribution in [3.63, 3.8) is 0 Å². The summed E-state index contributed by atoms with van der Waals surface area (Å²) in [5, 5.41) is 19.9. The predicted molar refractivity (Wildman–Crippen MR) is 79.4 cm³/mol. The van der Waals surface area contributed by atoms with E-state index in [0.29, 0.717) is 12.1 Å². The zero-order valence-corrected chi connectivity index (χ0v) is 12.6. The summed E-state index contributed by atoms with van der Waals surface area (Å²) in [6.45, 7) is 3.69. The summed E-state index contributed by atoms with van der Waals surface area (Å²) in [5.41, 5.74) is 0.519. The van der Waals surface area contributed by atoms with Gasteiger partial charge in [0.15, 0.2) is 0 Å². The van der Waals surface area contributed by atoms with E-state index in [1.165, 1.54) is 18.3 Å². The van der Waals surface area contributed by atoms with Gasteiger partial charge >= 0.3 is 0 Å². The Morgan fingerprint density at radius 2 is 1.86 bits per heavy atom. The Labute approximate surface area is 124 Å². The highest BCUT2D eigenvalue weighted by Crippen LogP contribution is 2.15. The highest BCUT2D eigenvalue weighted by atomic mass is 32.2. The lowest BCUT2D eigenvalue weighted by molar-refractivity contribution is 0.556. The highest BCUT2D eigenvalue weighted by Gasteiger charge is 2.15. The van der Waals surface area contributed by atoms with E-state index in [2.05, 4.69) is 10.0 Å². The molecule has 0 aliphatic carbocycles. The number of nitrogens with zero attached hydrogens (tertiary/aromatic N) is 2. The first-order chi connectivity index (χ1) is 9.92. The van der Waals surface area contributed by atoms with Crippen LogP contribution in [-0.2, 0) is 10.0 Å². The third kappa shape index (κ3) is 4.92. The van der Waals surface area contributed by atoms with Crippen LogP contribution in [-0.4, -0.2) is 14.5 Å². The molecular weight excluding hydrogens is 288 g/mol. The van der Waals surface area contributed by atoms with Crippen LogP contribution in [0.15, 0.2) is 40.9 Å². The Kier molecular flexibility index (Phi) is 5.92. The van der Waals surface area contributed by atoms with Crippen LogP contribution >= 0.6 is 0 Å². The molecule has 0 heterocycles. The smallest absolute Gasteiger partial charge is 0.240 e. The summed E-state index contributed by atoms with van der Waals surface area (Å²) in [5.74, 6) is 0. The molecule has 0 aliphatic heterocycles. The second-order valence-corrected chi connectivity index (χ2v) is 6.09. The maximum absolute atomic E-state index is 12.0. The van der Waals surface area contributed by atoms with Crippen LogP contribution in [0, 0.1) is 22.7 Å². The molecule has 7 heteroatoms. The number of hydrogen-bond acceptors (Lipinski definition) is 5. The van der Waals surface area contributed by atoms with E-state index in [0.717, 1.165) is 0 Å². The Balaban J connectivity index is 2.87. The molecule has 0 saturated heterocycles. The molecule has 1 rings (SSSR count). The SMILES string of the molecule is CCC(C)NS(=O)(=O)c1ccc(NC=C(C#N)C#N)cc1. The molecule has 1 aromatic carbocycles. The minimum absolute atomic E-state index is 0.0647. The molecule has 1 aromatic rings. The third-order valence-corrected chi connectivity index (χ3v) is 4.36. The first-order valence-electron chi connectivity index (χ1n) is 6.32. The second-order valence-electron chi connectivity index (χ2n) is 4.38. The van der Waals surface area contributed by atoms with Gasteiger partial charge in [-0.25, -0.2) is 13.1 Å². The Bertz CT molecular complexity index is 678. The van der Waals surface area contributed by atoms with Crippen molar-refractivity contribution in [2.75, 3.05) is 5.32 Å². The standard InChI is InChI=1S/C14H16N4O2S/c1-3-11(2)18-21(19,20)14-6-4-13(5-7-14)17-10-12(8-15)9-16/h4-7,10-11,17-18H,3H2,1-2H3. The number of allylic oxidation sites excluding steroid dienone is 1. The molecule has 0 spiro atoms. The largest absolute Gasteiger partial charge is 0.360 e. The van der Waals surface area contributed by atoms with E-state index in [9.17, 15) is 8.42 Å². The van der Waals surface area contributed by atoms with Crippen molar-refractivity contribution in [2.24, 2.45) is 0 Å². The number of hydrogen-bond donors (Lipinski definition) is 2. The average Bonchev–Trinajstić information content (AvgIpc) is 2.48. The van der Waals surface area contributed by atoms with E-state index in [4.69, 9.17) is 10.5 Å². The summed E-state index contributed by atoms with van der Waals surface area (Å²) in [6, 6.07) is 9.34. The fourth-order valence-corrected chi connectivity index (χ4v) is 2.72. The molecule has 0 saturated carbocycles. The zero-order valence-electron chi connectivity index (χ0n) is 11.8. The Hall–Kier alpha value is -2.35. The van der Waals surface area contributed by atoms with E-state index < -0.39 is 10.0 Å². The van der Waals surface area contributed by atoms with Gasteiger partial charge in [-0.1, -0.05) is 6.92 Å². The van der Waals surface area contributed by atoms with Crippen LogP contribution in [0.3, 0.4) is 0 Å². The summed E-state index contributed by atoms with van der Waals surface area (Å²) in [4.78, 5) is 0.165. The van der Waals surface area contributed by atoms with Crippen molar-refractivity contribution >= 4 is 15.7 Å². The molecule has 110 valence electrons. The van der Waals surface area contributed by atoms with E-state index in [-0.39, 0.29) is 16.5 Å². The minimum atomic E-state index is -3.53. The van der Waals surface area contributed by atoms with Gasteiger partial charge in [0.05, 0.1) is 4.90 Å². The van der Waals surface area contributed by atoms with Gasteiger partial charge in [-0.05, 0) is 37.6 Å². The molecule has 0 aromatic heterocycles. The lowest BCUT2D eigenvalue weighted by Gasteiger charge is -2.12. The Morgan fingerprint density at radius 3 is 2.33 bits per heavy atom. The maximum Gasteiger partial charge on any atom is 0.240 e. The number of nitriles is 2. The molecule has 0 bridgehead atoms. The van der Waals surface area contributed by atoms with Crippen molar-refractivity contribution in [2.45, 2.75) is 31.2 Å². The van der Waals surface area contributed by atoms with E-state index >= 15 is 0 Å². The molecule has 1 atom stereocenters. The number of benzene rings is 1. The molecule has 6 nitrogen and oxygen atoms in total. The third-order valence-electron chi connectivity index (χ3n) is 2.76. The quantitative estimate of drug-likeness (QED) is 0.783. The van der Waals surface area contributed by atoms with Crippen molar-refractivity contribution in [1.29, 1.82) is 10.5 Å². The Morgan fingerprint density at radius 1 is 1.29 bits per heavy atom. The molecule has 2 N–H and O–H groups in total. The minimum Gasteiger partial charge on any atom is -0.360 e. The van der Waals surface area contributed by atoms with Gasteiger partial charge in [0.1, 0.15) is 17.7 Å². The van der Waals surface area contributed by atoms with E-state index in [1.54, 1.807) is 31.2 Å². The molecule has 21 heavy (non-hydrogen) atoms. The number of nitrogens with one attached hydrogen (secondary N) is 2. The second kappa shape index (κ2) is 7.44. The van der Waals surface area contributed by atoms with Gasteiger partial charge in [0.2, 0.25) is 10.0 Å². The van der Waals surface area contributed by atoms with Crippen molar-refractivity contribution < 1.29 is 8.42 Å². The number of anilines is 1. The number of sulfonamides is 1. The summed E-state index contributed by atoms with van der Waals surface area (Å²) >= 11 is 0. The summed E-state index contributed by atoms with van der Waals surface area (Å²) < 4.78 is 26.6. The molecule has 1 unspecified atom stereocenters. The number of rotatable bonds is 6. The lowest BCUT2D eigenvalue weighted by atomic mass is 10.3. The van der Waals surface area contributed by atoms with Crippen LogP contribution in [0.25, 0.3) is 0 Å². The van der Waals surface area contributed by atoms with Gasteiger partial charge in [-0.15, -0.1) is 0 Å². The molecule has 0 radical (unpaired) electrons. The van der Waals surface area contributed by atoms with Gasteiger partial charge in [-0.3, -0.25) is 0 Å². The van der Waals surface area contributed by atoms with Crippen LogP contribution < -0.4 is 10.0 Å². The van der Waals surface area contributed by atoms with Gasteiger partial charge < -0.3 is 5.32 Å². The normalized spacial score (nSPS) is 11.8. The van der Waals surface area contributed by atoms with E-state index in [1.807, 2.05) is 6.92 Å². The molecule has 0 amide bonds. The van der Waals surface area contributed by atoms with Crippen LogP contribution in [0.1, 0.15) is 20.3 Å². The first-order valence-corrected chi connectivity index (χ1v) is 7.80. The van der Waals surface area contributed by atoms with Gasteiger partial charge in [0.25, 0.3) is 0 Å². The highest BCUT2D eigenvalue weighted by molar-refractivity contribution is 7.89. The fraction of sp³-hybridized carbons (Fsp3) is 0.286. The van der Waals surface area contributed by atoms with Crippen molar-refractivity contribution in [3.05, 3.63) is 36.0 Å². The average molecular weight is 304 g/mol. The first kappa shape index (κ1) is 16.7. The van der Waals surface area contributed by atoms with Gasteiger partial charge in [-0.2, -0.15) is 10.5 Å². The summed E-state index contributed by atoms with van der Waals surface area (Å²) in [7, 11) is -3.53. The van der Waals surface area contributed by atoms with Crippen molar-refractivity contribution in [3.8, 4) is 12.1 Å². The molecule has 0 aliphatic rings. The topological polar surface area (TPSA) is 106 Å². The molecular formula is C14H16N4O2S. The van der Waals surface area contributed by atoms with Gasteiger partial charge in [0, 0.05) is 17.9 Å². The van der Waals surface area contributed by atoms with Crippen LogP contribution in [0.4, 0.5) is 5.69 Å². The van der Waals surface area contributed by atoms with Crippen LogP contribution in [0.2, 0.25) is 0 Å². The van der Waals surface area contributed by atoms with Crippen molar-refractivity contribution in [1.82, 2.24) is 4.72 Å².